The number of rotatable bonds is 10. The maximum atomic E-state index is 12.8. The Morgan fingerprint density at radius 3 is 2.58 bits per heavy atom. The molecule has 1 aliphatic heterocycles. The third-order valence-electron chi connectivity index (χ3n) is 4.99. The van der Waals surface area contributed by atoms with E-state index in [1.54, 1.807) is 29.2 Å². The normalized spacial score (nSPS) is 15.3. The molecule has 0 bridgehead atoms. The third kappa shape index (κ3) is 8.71. The van der Waals surface area contributed by atoms with Gasteiger partial charge in [-0.25, -0.2) is 9.59 Å². The molecule has 180 valence electrons. The maximum absolute atomic E-state index is 12.8. The van der Waals surface area contributed by atoms with Crippen LogP contribution in [-0.2, 0) is 25.6 Å². The van der Waals surface area contributed by atoms with Crippen LogP contribution in [0.25, 0.3) is 0 Å². The Morgan fingerprint density at radius 1 is 1.21 bits per heavy atom. The second kappa shape index (κ2) is 13.4. The van der Waals surface area contributed by atoms with Crippen molar-refractivity contribution in [2.24, 2.45) is 5.92 Å². The minimum atomic E-state index is -0.892. The van der Waals surface area contributed by atoms with Gasteiger partial charge in [-0.15, -0.1) is 0 Å². The largest absolute Gasteiger partial charge is 0.465 e. The standard InChI is InChI=1S/C23H32N4O6/c1-16(2)11-20(26-23(30)27-7-9-32-10-8-27)21(28)25-19(13-24)15-33-14-17-5-4-6-18(12-17)22(29)31-3/h4-6,12,16,19-20H,7-11,14-15H2,1-3H3,(H,25,28)(H,26,30). The number of nitriles is 1. The van der Waals surface area contributed by atoms with Crippen LogP contribution in [-0.4, -0.2) is 74.9 Å². The molecule has 0 aromatic heterocycles. The van der Waals surface area contributed by atoms with E-state index >= 15 is 0 Å². The molecule has 10 heteroatoms. The van der Waals surface area contributed by atoms with Crippen LogP contribution in [0.1, 0.15) is 36.2 Å². The molecular formula is C23H32N4O6. The SMILES string of the molecule is COC(=O)c1cccc(COCC(C#N)NC(=O)C(CC(C)C)NC(=O)N2CCOCC2)c1. The van der Waals surface area contributed by atoms with Crippen LogP contribution >= 0.6 is 0 Å². The second-order valence-corrected chi connectivity index (χ2v) is 8.13. The van der Waals surface area contributed by atoms with Gasteiger partial charge in [0.15, 0.2) is 0 Å². The van der Waals surface area contributed by atoms with Gasteiger partial charge in [0, 0.05) is 13.1 Å². The number of methoxy groups -OCH3 is 1. The minimum Gasteiger partial charge on any atom is -0.465 e. The predicted molar refractivity (Wildman–Crippen MR) is 119 cm³/mol. The van der Waals surface area contributed by atoms with E-state index in [2.05, 4.69) is 10.6 Å². The van der Waals surface area contributed by atoms with Gasteiger partial charge >= 0.3 is 12.0 Å². The average Bonchev–Trinajstić information content (AvgIpc) is 2.82. The van der Waals surface area contributed by atoms with Crippen molar-refractivity contribution in [2.75, 3.05) is 40.0 Å². The number of amides is 3. The number of esters is 1. The maximum Gasteiger partial charge on any atom is 0.337 e. The monoisotopic (exact) mass is 460 g/mol. The molecule has 2 unspecified atom stereocenters. The number of carbonyl (C=O) groups is 3. The highest BCUT2D eigenvalue weighted by Crippen LogP contribution is 2.09. The van der Waals surface area contributed by atoms with E-state index in [0.717, 1.165) is 5.56 Å². The van der Waals surface area contributed by atoms with Crippen molar-refractivity contribution in [3.63, 3.8) is 0 Å². The van der Waals surface area contributed by atoms with E-state index in [4.69, 9.17) is 14.2 Å². The van der Waals surface area contributed by atoms with Gasteiger partial charge in [0.05, 0.1) is 45.2 Å². The van der Waals surface area contributed by atoms with Crippen LogP contribution in [0.3, 0.4) is 0 Å². The van der Waals surface area contributed by atoms with E-state index in [9.17, 15) is 19.6 Å². The van der Waals surface area contributed by atoms with Gasteiger partial charge in [-0.1, -0.05) is 26.0 Å². The number of benzene rings is 1. The zero-order chi connectivity index (χ0) is 24.2. The predicted octanol–water partition coefficient (Wildman–Crippen LogP) is 1.45. The summed E-state index contributed by atoms with van der Waals surface area (Å²) in [5.41, 5.74) is 1.13. The second-order valence-electron chi connectivity index (χ2n) is 8.13. The lowest BCUT2D eigenvalue weighted by Crippen LogP contribution is -2.55. The number of nitrogens with one attached hydrogen (secondary N) is 2. The summed E-state index contributed by atoms with van der Waals surface area (Å²) in [4.78, 5) is 38.6. The highest BCUT2D eigenvalue weighted by molar-refractivity contribution is 5.89. The first-order chi connectivity index (χ1) is 15.8. The fourth-order valence-corrected chi connectivity index (χ4v) is 3.29. The molecule has 33 heavy (non-hydrogen) atoms. The summed E-state index contributed by atoms with van der Waals surface area (Å²) in [7, 11) is 1.31. The first kappa shape index (κ1) is 26.1. The molecule has 1 fully saturated rings. The summed E-state index contributed by atoms with van der Waals surface area (Å²) in [5, 5.41) is 14.9. The number of ether oxygens (including phenoxy) is 3. The van der Waals surface area contributed by atoms with Crippen molar-refractivity contribution in [3.8, 4) is 6.07 Å². The fourth-order valence-electron chi connectivity index (χ4n) is 3.29. The summed E-state index contributed by atoms with van der Waals surface area (Å²) < 4.78 is 15.5. The molecular weight excluding hydrogens is 428 g/mol. The summed E-state index contributed by atoms with van der Waals surface area (Å²) in [6, 6.07) is 6.80. The Morgan fingerprint density at radius 2 is 1.94 bits per heavy atom. The lowest BCUT2D eigenvalue weighted by Gasteiger charge is -2.29. The van der Waals surface area contributed by atoms with Crippen molar-refractivity contribution in [1.82, 2.24) is 15.5 Å². The Hall–Kier alpha value is -3.16. The molecule has 2 N–H and O–H groups in total. The van der Waals surface area contributed by atoms with E-state index < -0.39 is 24.0 Å². The van der Waals surface area contributed by atoms with Crippen LogP contribution in [0.15, 0.2) is 24.3 Å². The van der Waals surface area contributed by atoms with E-state index in [0.29, 0.717) is 38.3 Å². The van der Waals surface area contributed by atoms with Gasteiger partial charge in [0.25, 0.3) is 0 Å². The Labute approximate surface area is 194 Å². The quantitative estimate of drug-likeness (QED) is 0.506. The number of hydrogen-bond donors (Lipinski definition) is 2. The zero-order valence-corrected chi connectivity index (χ0v) is 19.3. The van der Waals surface area contributed by atoms with Crippen molar-refractivity contribution >= 4 is 17.9 Å². The van der Waals surface area contributed by atoms with Crippen LogP contribution in [0.5, 0.6) is 0 Å². The fraction of sp³-hybridized carbons (Fsp3) is 0.565. The molecule has 0 aliphatic carbocycles. The zero-order valence-electron chi connectivity index (χ0n) is 19.3. The minimum absolute atomic E-state index is 0.0451. The van der Waals surface area contributed by atoms with Gasteiger partial charge in [-0.3, -0.25) is 4.79 Å². The van der Waals surface area contributed by atoms with Gasteiger partial charge in [-0.05, 0) is 30.0 Å². The van der Waals surface area contributed by atoms with E-state index in [-0.39, 0.29) is 25.2 Å². The molecule has 2 rings (SSSR count). The first-order valence-electron chi connectivity index (χ1n) is 10.9. The molecule has 2 atom stereocenters. The molecule has 10 nitrogen and oxygen atoms in total. The number of carbonyl (C=O) groups excluding carboxylic acids is 3. The third-order valence-corrected chi connectivity index (χ3v) is 4.99. The van der Waals surface area contributed by atoms with Gasteiger partial charge < -0.3 is 29.7 Å². The van der Waals surface area contributed by atoms with Gasteiger partial charge in [0.1, 0.15) is 12.1 Å². The average molecular weight is 461 g/mol. The van der Waals surface area contributed by atoms with Crippen LogP contribution < -0.4 is 10.6 Å². The highest BCUT2D eigenvalue weighted by Gasteiger charge is 2.27. The Balaban J connectivity index is 1.90. The molecule has 1 saturated heterocycles. The molecule has 3 amide bonds. The highest BCUT2D eigenvalue weighted by atomic mass is 16.5. The lowest BCUT2D eigenvalue weighted by molar-refractivity contribution is -0.124. The van der Waals surface area contributed by atoms with Gasteiger partial charge in [-0.2, -0.15) is 5.26 Å². The molecule has 1 aromatic carbocycles. The van der Waals surface area contributed by atoms with Crippen LogP contribution in [0.4, 0.5) is 4.79 Å². The molecule has 1 aromatic rings. The topological polar surface area (TPSA) is 130 Å². The van der Waals surface area contributed by atoms with Crippen molar-refractivity contribution in [2.45, 2.75) is 39.0 Å². The molecule has 1 heterocycles. The molecule has 0 spiro atoms. The Bertz CT molecular complexity index is 848. The summed E-state index contributed by atoms with van der Waals surface area (Å²) in [5.74, 6) is -0.730. The molecule has 0 saturated carbocycles. The van der Waals surface area contributed by atoms with E-state index in [1.165, 1.54) is 7.11 Å². The Kier molecular flexibility index (Phi) is 10.6. The van der Waals surface area contributed by atoms with Crippen molar-refractivity contribution in [1.29, 1.82) is 5.26 Å². The van der Waals surface area contributed by atoms with E-state index in [1.807, 2.05) is 19.9 Å². The number of hydrogen-bond acceptors (Lipinski definition) is 7. The summed E-state index contributed by atoms with van der Waals surface area (Å²) in [6.07, 6.45) is 0.432. The summed E-state index contributed by atoms with van der Waals surface area (Å²) >= 11 is 0. The molecule has 0 radical (unpaired) electrons. The van der Waals surface area contributed by atoms with Crippen LogP contribution in [0, 0.1) is 17.2 Å². The lowest BCUT2D eigenvalue weighted by atomic mass is 10.0. The first-order valence-corrected chi connectivity index (χ1v) is 10.9. The number of morpholine rings is 1. The number of urea groups is 1. The van der Waals surface area contributed by atoms with Crippen molar-refractivity contribution < 1.29 is 28.6 Å². The number of nitrogens with zero attached hydrogens (tertiary/aromatic N) is 2. The smallest absolute Gasteiger partial charge is 0.337 e. The summed E-state index contributed by atoms with van der Waals surface area (Å²) in [6.45, 7) is 5.87. The molecule has 1 aliphatic rings. The van der Waals surface area contributed by atoms with Crippen LogP contribution in [0.2, 0.25) is 0 Å². The van der Waals surface area contributed by atoms with Gasteiger partial charge in [0.2, 0.25) is 5.91 Å². The van der Waals surface area contributed by atoms with Crippen molar-refractivity contribution in [3.05, 3.63) is 35.4 Å².